The molecule has 10 aromatic carbocycles. The summed E-state index contributed by atoms with van der Waals surface area (Å²) in [6, 6.07) is -44.2. The Labute approximate surface area is 417 Å². The van der Waals surface area contributed by atoms with Gasteiger partial charge in [0.15, 0.2) is 0 Å². The summed E-state index contributed by atoms with van der Waals surface area (Å²) in [6.07, 6.45) is 0. The zero-order chi connectivity index (χ0) is 76.6. The summed E-state index contributed by atoms with van der Waals surface area (Å²) in [5.74, 6) is 0. The average molecular weight is 818 g/mol. The third-order valence-electron chi connectivity index (χ3n) is 8.50. The Hall–Kier alpha value is -7.80. The molecule has 288 valence electrons. The third kappa shape index (κ3) is 8.26. The van der Waals surface area contributed by atoms with Gasteiger partial charge in [-0.05, 0) is 131 Å². The van der Waals surface area contributed by atoms with Crippen molar-refractivity contribution in [3.63, 3.8) is 0 Å². The van der Waals surface area contributed by atoms with Gasteiger partial charge < -0.3 is 0 Å². The zero-order valence-electron chi connectivity index (χ0n) is 72.0. The Balaban J connectivity index is 1.16. The molecule has 10 aromatic rings. The van der Waals surface area contributed by atoms with Gasteiger partial charge in [0, 0.05) is 0 Å². The van der Waals surface area contributed by atoms with Crippen LogP contribution in [0.1, 0.15) is 61.8 Å². The van der Waals surface area contributed by atoms with Crippen molar-refractivity contribution in [1.82, 2.24) is 0 Å². The fraction of sp³-hybridized carbons (Fsp3) is 0.0164. The highest BCUT2D eigenvalue weighted by atomic mass is 14.1. The van der Waals surface area contributed by atoms with Gasteiger partial charge in [0.05, 0.1) is 56.2 Å². The fourth-order valence-corrected chi connectivity index (χ4v) is 5.50. The molecule has 0 bridgehead atoms. The summed E-state index contributed by atoms with van der Waals surface area (Å²) in [6.45, 7) is 1.28. The second-order valence-electron chi connectivity index (χ2n) is 12.5. The SMILES string of the molecule is [2H]c1c([2H])c([2H])c(-c2c([2H])c([2H])c(-c3c([2H])c([2H])c(-c4c([2H])c([2H])c([2H])c(-c5c([2H])c([2H])c([2H])c(-c6c([2H])c([2H])c(-c7c([2H])c([2H])c([2H])c(-c8c([2H])c([2H])c([2H])c(-c9c([2H])c([2H])c(-c%10c([2H])c([2H])c(C)c([2H])c%10[2H])c([2H])c9[2H])c8[2H])c7[2H])c([2H])c6[2H])c5[2H])c4[2H])c([2H])c3[2H])c([2H])c2[2H])c([2H])c1[2H]. The first kappa shape index (κ1) is 13.6. The number of benzene rings is 10. The van der Waals surface area contributed by atoms with Crippen LogP contribution in [-0.2, 0) is 0 Å². The normalized spacial score (nSPS) is 20.4. The Morgan fingerprint density at radius 1 is 0.180 bits per heavy atom. The van der Waals surface area contributed by atoms with Crippen LogP contribution < -0.4 is 0 Å². The van der Waals surface area contributed by atoms with Crippen LogP contribution in [0.2, 0.25) is 0 Å². The molecular formula is C61H44. The standard InChI is InChI=1S/C61H44/c1-43-19-21-45(22-20-43)47-27-31-50(32-28-47)54-11-5-15-58(39-54)60-17-7-13-56(41-60)52-35-37-53(38-36-52)57-14-8-18-61(42-57)59-16-6-12-55(40-59)51-33-29-49(30-34-51)48-25-23-46(24-26-48)44-9-3-2-4-10-44/h2-42H,1H3/i2D,3D,4D,5D,6D,7D,8D,9D,10D,11D,12D,13D,14D,15D,16D,17D,18D,19D,20D,21D,22D,23D,24D,25D,26D,27D,28D,29D,30D,31D,32D,33D,34D,35D,36D,37D,38D,39D,40D,41D,42D. The topological polar surface area (TPSA) is 0 Å². The molecule has 0 fully saturated rings. The average Bonchev–Trinajstić information content (AvgIpc) is 0.722. The van der Waals surface area contributed by atoms with E-state index in [0.717, 1.165) is 0 Å². The van der Waals surface area contributed by atoms with E-state index >= 15 is 0 Å². The Bertz CT molecular complexity index is 5360. The van der Waals surface area contributed by atoms with Gasteiger partial charge in [-0.15, -0.1) is 0 Å². The minimum absolute atomic E-state index is 0.112. The molecule has 61 heavy (non-hydrogen) atoms. The minimum atomic E-state index is -1.27. The zero-order valence-corrected chi connectivity index (χ0v) is 31.0. The lowest BCUT2D eigenvalue weighted by molar-refractivity contribution is 1.47. The second-order valence-corrected chi connectivity index (χ2v) is 12.5. The Morgan fingerprint density at radius 2 is 0.344 bits per heavy atom. The molecule has 0 aliphatic heterocycles. The maximum atomic E-state index is 9.58. The minimum Gasteiger partial charge on any atom is -0.0622 e. The van der Waals surface area contributed by atoms with Crippen LogP contribution in [0.4, 0.5) is 0 Å². The van der Waals surface area contributed by atoms with Gasteiger partial charge in [0.25, 0.3) is 0 Å². The highest BCUT2D eigenvalue weighted by molar-refractivity contribution is 5.81. The van der Waals surface area contributed by atoms with Gasteiger partial charge in [-0.3, -0.25) is 0 Å². The molecule has 0 amide bonds. The summed E-state index contributed by atoms with van der Waals surface area (Å²) < 4.78 is 367. The third-order valence-corrected chi connectivity index (χ3v) is 8.50. The summed E-state index contributed by atoms with van der Waals surface area (Å²) in [7, 11) is 0. The summed E-state index contributed by atoms with van der Waals surface area (Å²) in [5, 5.41) is 0. The molecule has 0 atom stereocenters. The van der Waals surface area contributed by atoms with Crippen LogP contribution in [-0.4, -0.2) is 0 Å². The lowest BCUT2D eigenvalue weighted by atomic mass is 9.94. The second kappa shape index (κ2) is 16.8. The van der Waals surface area contributed by atoms with Gasteiger partial charge in [-0.25, -0.2) is 0 Å². The maximum Gasteiger partial charge on any atom is 0.0636 e. The van der Waals surface area contributed by atoms with E-state index in [1.807, 2.05) is 0 Å². The predicted octanol–water partition coefficient (Wildman–Crippen LogP) is 17.0. The molecule has 0 heteroatoms. The van der Waals surface area contributed by atoms with Gasteiger partial charge in [-0.2, -0.15) is 0 Å². The van der Waals surface area contributed by atoms with Crippen molar-refractivity contribution < 1.29 is 56.2 Å². The van der Waals surface area contributed by atoms with Crippen LogP contribution in [0.25, 0.3) is 100 Å². The highest BCUT2D eigenvalue weighted by Gasteiger charge is 2.09. The van der Waals surface area contributed by atoms with Crippen molar-refractivity contribution in [3.05, 3.63) is 253 Å². The molecule has 0 radical (unpaired) electrons. The van der Waals surface area contributed by atoms with Gasteiger partial charge in [0.1, 0.15) is 0 Å². The van der Waals surface area contributed by atoms with E-state index < -0.39 is 348 Å². The largest absolute Gasteiger partial charge is 0.0636 e. The van der Waals surface area contributed by atoms with Crippen molar-refractivity contribution in [2.45, 2.75) is 6.92 Å². The van der Waals surface area contributed by atoms with Crippen molar-refractivity contribution in [2.75, 3.05) is 0 Å². The molecule has 0 N–H and O–H groups in total. The van der Waals surface area contributed by atoms with E-state index in [-0.39, 0.29) is 5.56 Å². The molecule has 0 heterocycles. The van der Waals surface area contributed by atoms with E-state index in [2.05, 4.69) is 0 Å². The summed E-state index contributed by atoms with van der Waals surface area (Å²) in [5.41, 5.74) is -17.1. The molecule has 0 aromatic heterocycles. The molecule has 0 spiro atoms. The molecular weight excluding hydrogens is 733 g/mol. The van der Waals surface area contributed by atoms with Crippen molar-refractivity contribution in [3.8, 4) is 100 Å². The smallest absolute Gasteiger partial charge is 0.0622 e. The molecule has 0 nitrogen and oxygen atoms in total. The first-order chi connectivity index (χ1) is 47.2. The number of hydrogen-bond donors (Lipinski definition) is 0. The van der Waals surface area contributed by atoms with E-state index in [1.54, 1.807) is 0 Å². The molecule has 0 aliphatic rings. The van der Waals surface area contributed by atoms with E-state index in [1.165, 1.54) is 6.92 Å². The lowest BCUT2D eigenvalue weighted by Crippen LogP contribution is -1.86. The maximum absolute atomic E-state index is 9.58. The summed E-state index contributed by atoms with van der Waals surface area (Å²) in [4.78, 5) is 0. The van der Waals surface area contributed by atoms with E-state index in [0.29, 0.717) is 0 Å². The van der Waals surface area contributed by atoms with Crippen LogP contribution in [0, 0.1) is 6.92 Å². The van der Waals surface area contributed by atoms with Crippen molar-refractivity contribution >= 4 is 0 Å². The van der Waals surface area contributed by atoms with Gasteiger partial charge >= 0.3 is 0 Å². The monoisotopic (exact) mass is 818 g/mol. The number of hydrogen-bond acceptors (Lipinski definition) is 0. The van der Waals surface area contributed by atoms with Crippen LogP contribution in [0.3, 0.4) is 0 Å². The molecule has 10 rings (SSSR count). The van der Waals surface area contributed by atoms with Crippen LogP contribution >= 0.6 is 0 Å². The summed E-state index contributed by atoms with van der Waals surface area (Å²) >= 11 is 0. The van der Waals surface area contributed by atoms with Crippen LogP contribution in [0.15, 0.2) is 248 Å². The highest BCUT2D eigenvalue weighted by Crippen LogP contribution is 2.35. The molecule has 0 saturated carbocycles. The number of rotatable bonds is 9. The van der Waals surface area contributed by atoms with Gasteiger partial charge in [-0.1, -0.05) is 229 Å². The molecule has 0 saturated heterocycles. The van der Waals surface area contributed by atoms with E-state index in [4.69, 9.17) is 42.5 Å². The van der Waals surface area contributed by atoms with Crippen molar-refractivity contribution in [1.29, 1.82) is 0 Å². The van der Waals surface area contributed by atoms with Crippen LogP contribution in [0.5, 0.6) is 0 Å². The lowest BCUT2D eigenvalue weighted by Gasteiger charge is -2.11. The first-order valence-corrected chi connectivity index (χ1v) is 17.8. The van der Waals surface area contributed by atoms with Gasteiger partial charge in [0.2, 0.25) is 0 Å². The molecule has 0 unspecified atom stereocenters. The molecule has 0 aliphatic carbocycles. The predicted molar refractivity (Wildman–Crippen MR) is 260 cm³/mol. The Kier molecular flexibility index (Phi) is 3.75. The van der Waals surface area contributed by atoms with E-state index in [9.17, 15) is 13.7 Å². The first-order valence-electron chi connectivity index (χ1n) is 38.2. The van der Waals surface area contributed by atoms with Crippen molar-refractivity contribution in [2.24, 2.45) is 0 Å². The Morgan fingerprint density at radius 3 is 0.590 bits per heavy atom. The fourth-order valence-electron chi connectivity index (χ4n) is 5.50. The quantitative estimate of drug-likeness (QED) is 0.136.